The van der Waals surface area contributed by atoms with Gasteiger partial charge in [-0.15, -0.1) is 0 Å². The first-order chi connectivity index (χ1) is 12.6. The van der Waals surface area contributed by atoms with E-state index in [2.05, 4.69) is 46.9 Å². The molecule has 2 unspecified atom stereocenters. The smallest absolute Gasteiger partial charge is 0.338 e. The molecule has 0 bridgehead atoms. The van der Waals surface area contributed by atoms with Crippen LogP contribution in [0.1, 0.15) is 77.6 Å². The first-order valence-corrected chi connectivity index (χ1v) is 10.6. The van der Waals surface area contributed by atoms with Crippen LogP contribution in [0.15, 0.2) is 30.3 Å². The molecule has 1 heterocycles. The van der Waals surface area contributed by atoms with Crippen LogP contribution in [-0.4, -0.2) is 23.2 Å². The molecular formula is C24H37NO2. The number of hydrogen-bond donors (Lipinski definition) is 1. The van der Waals surface area contributed by atoms with Crippen molar-refractivity contribution in [2.75, 3.05) is 0 Å². The summed E-state index contributed by atoms with van der Waals surface area (Å²) in [5.41, 5.74) is 1.03. The lowest BCUT2D eigenvalue weighted by atomic mass is 9.63. The topological polar surface area (TPSA) is 38.3 Å². The van der Waals surface area contributed by atoms with Crippen LogP contribution in [0.5, 0.6) is 0 Å². The number of rotatable bonds is 3. The Hall–Kier alpha value is -1.35. The molecule has 1 aromatic rings. The Morgan fingerprint density at radius 1 is 0.926 bits per heavy atom. The Morgan fingerprint density at radius 3 is 1.96 bits per heavy atom. The van der Waals surface area contributed by atoms with E-state index in [0.717, 1.165) is 24.7 Å². The molecule has 1 aliphatic heterocycles. The number of hydrogen-bond acceptors (Lipinski definition) is 3. The highest BCUT2D eigenvalue weighted by molar-refractivity contribution is 5.89. The highest BCUT2D eigenvalue weighted by Crippen LogP contribution is 2.45. The third-order valence-corrected chi connectivity index (χ3v) is 6.61. The molecule has 1 aliphatic carbocycles. The van der Waals surface area contributed by atoms with Crippen LogP contribution in [0.2, 0.25) is 0 Å². The van der Waals surface area contributed by atoms with Crippen molar-refractivity contribution >= 4 is 5.97 Å². The van der Waals surface area contributed by atoms with E-state index in [1.807, 2.05) is 30.3 Å². The molecule has 3 rings (SSSR count). The first-order valence-electron chi connectivity index (χ1n) is 10.6. The van der Waals surface area contributed by atoms with Crippen LogP contribution in [0, 0.1) is 23.7 Å². The van der Waals surface area contributed by atoms with Gasteiger partial charge in [0.15, 0.2) is 0 Å². The highest BCUT2D eigenvalue weighted by atomic mass is 16.5. The zero-order valence-corrected chi connectivity index (χ0v) is 17.9. The van der Waals surface area contributed by atoms with Gasteiger partial charge >= 0.3 is 5.97 Å². The molecule has 0 aromatic heterocycles. The summed E-state index contributed by atoms with van der Waals surface area (Å²) in [5, 5.41) is 3.81. The summed E-state index contributed by atoms with van der Waals surface area (Å²) < 4.78 is 5.97. The Labute approximate surface area is 165 Å². The van der Waals surface area contributed by atoms with Gasteiger partial charge in [0.2, 0.25) is 0 Å². The summed E-state index contributed by atoms with van der Waals surface area (Å²) in [5.74, 6) is 2.11. The number of ether oxygens (including phenoxy) is 1. The van der Waals surface area contributed by atoms with E-state index in [1.165, 1.54) is 12.8 Å². The lowest BCUT2D eigenvalue weighted by molar-refractivity contribution is -0.0422. The molecule has 0 radical (unpaired) electrons. The Morgan fingerprint density at radius 2 is 1.44 bits per heavy atom. The first kappa shape index (κ1) is 20.4. The van der Waals surface area contributed by atoms with Crippen LogP contribution in [0.25, 0.3) is 0 Å². The molecule has 3 nitrogen and oxygen atoms in total. The van der Waals surface area contributed by atoms with Gasteiger partial charge in [0.25, 0.3) is 0 Å². The maximum Gasteiger partial charge on any atom is 0.338 e. The average Bonchev–Trinajstić information content (AvgIpc) is 2.55. The highest BCUT2D eigenvalue weighted by Gasteiger charge is 2.44. The number of piperidine rings is 1. The summed E-state index contributed by atoms with van der Waals surface area (Å²) in [6.45, 7) is 13.9. The van der Waals surface area contributed by atoms with Gasteiger partial charge in [-0.3, -0.25) is 0 Å². The molecule has 2 atom stereocenters. The molecule has 3 heteroatoms. The Kier molecular flexibility index (Phi) is 5.72. The minimum absolute atomic E-state index is 0.0247. The number of carbonyl (C=O) groups is 1. The third kappa shape index (κ3) is 4.93. The standard InChI is InChI=1S/C24H37NO2/c1-16-12-19(20-14-23(3,4)25-24(5,6)15-20)13-17(2)21(16)27-22(26)18-10-8-7-9-11-18/h7-11,16-17,19-21,25H,12-15H2,1-6H3. The summed E-state index contributed by atoms with van der Waals surface area (Å²) >= 11 is 0. The van der Waals surface area contributed by atoms with Crippen LogP contribution >= 0.6 is 0 Å². The zero-order valence-electron chi connectivity index (χ0n) is 17.9. The van der Waals surface area contributed by atoms with E-state index in [-0.39, 0.29) is 23.2 Å². The second-order valence-corrected chi connectivity index (χ2v) is 10.5. The number of benzene rings is 1. The Bertz CT molecular complexity index is 624. The quantitative estimate of drug-likeness (QED) is 0.718. The van der Waals surface area contributed by atoms with Gasteiger partial charge in [-0.1, -0.05) is 32.0 Å². The maximum atomic E-state index is 12.5. The molecule has 1 N–H and O–H groups in total. The van der Waals surface area contributed by atoms with Gasteiger partial charge in [-0.2, -0.15) is 0 Å². The van der Waals surface area contributed by atoms with Crippen LogP contribution < -0.4 is 5.32 Å². The summed E-state index contributed by atoms with van der Waals surface area (Å²) in [6, 6.07) is 9.38. The molecule has 1 saturated carbocycles. The lowest BCUT2D eigenvalue weighted by Crippen LogP contribution is -2.59. The van der Waals surface area contributed by atoms with Crippen molar-refractivity contribution in [2.24, 2.45) is 23.7 Å². The largest absolute Gasteiger partial charge is 0.458 e. The van der Waals surface area contributed by atoms with Gasteiger partial charge in [0.05, 0.1) is 5.56 Å². The van der Waals surface area contributed by atoms with Crippen molar-refractivity contribution in [1.82, 2.24) is 5.32 Å². The summed E-state index contributed by atoms with van der Waals surface area (Å²) in [4.78, 5) is 12.5. The van der Waals surface area contributed by atoms with E-state index in [9.17, 15) is 4.79 Å². The van der Waals surface area contributed by atoms with Gasteiger partial charge in [-0.05, 0) is 89.2 Å². The lowest BCUT2D eigenvalue weighted by Gasteiger charge is -2.51. The molecule has 1 aromatic carbocycles. The predicted molar refractivity (Wildman–Crippen MR) is 111 cm³/mol. The van der Waals surface area contributed by atoms with Crippen molar-refractivity contribution < 1.29 is 9.53 Å². The minimum atomic E-state index is -0.179. The fourth-order valence-corrected chi connectivity index (χ4v) is 6.00. The van der Waals surface area contributed by atoms with Crippen molar-refractivity contribution in [3.63, 3.8) is 0 Å². The van der Waals surface area contributed by atoms with E-state index in [1.54, 1.807) is 0 Å². The monoisotopic (exact) mass is 371 g/mol. The number of nitrogens with one attached hydrogen (secondary N) is 1. The van der Waals surface area contributed by atoms with Crippen molar-refractivity contribution in [1.29, 1.82) is 0 Å². The fraction of sp³-hybridized carbons (Fsp3) is 0.708. The van der Waals surface area contributed by atoms with Crippen molar-refractivity contribution in [3.8, 4) is 0 Å². The molecule has 2 fully saturated rings. The summed E-state index contributed by atoms with van der Waals surface area (Å²) in [7, 11) is 0. The summed E-state index contributed by atoms with van der Waals surface area (Å²) in [6.07, 6.45) is 4.81. The molecular weight excluding hydrogens is 334 g/mol. The third-order valence-electron chi connectivity index (χ3n) is 6.61. The van der Waals surface area contributed by atoms with Crippen LogP contribution in [0.3, 0.4) is 0 Å². The molecule has 27 heavy (non-hydrogen) atoms. The van der Waals surface area contributed by atoms with E-state index in [0.29, 0.717) is 17.4 Å². The van der Waals surface area contributed by atoms with Gasteiger partial charge in [0, 0.05) is 11.1 Å². The molecule has 150 valence electrons. The van der Waals surface area contributed by atoms with Gasteiger partial charge in [-0.25, -0.2) is 4.79 Å². The van der Waals surface area contributed by atoms with Gasteiger partial charge < -0.3 is 10.1 Å². The fourth-order valence-electron chi connectivity index (χ4n) is 6.00. The van der Waals surface area contributed by atoms with Crippen LogP contribution in [-0.2, 0) is 4.74 Å². The molecule has 1 saturated heterocycles. The maximum absolute atomic E-state index is 12.5. The SMILES string of the molecule is CC1CC(C2CC(C)(C)NC(C)(C)C2)CC(C)C1OC(=O)c1ccccc1. The van der Waals surface area contributed by atoms with Crippen molar-refractivity contribution in [3.05, 3.63) is 35.9 Å². The van der Waals surface area contributed by atoms with Crippen molar-refractivity contribution in [2.45, 2.75) is 84.4 Å². The predicted octanol–water partition coefficient (Wildman–Crippen LogP) is 5.45. The molecule has 0 amide bonds. The van der Waals surface area contributed by atoms with E-state index in [4.69, 9.17) is 4.74 Å². The van der Waals surface area contributed by atoms with Gasteiger partial charge in [0.1, 0.15) is 6.10 Å². The Balaban J connectivity index is 1.65. The second kappa shape index (κ2) is 7.58. The number of carbonyl (C=O) groups excluding carboxylic acids is 1. The van der Waals surface area contributed by atoms with Crippen LogP contribution in [0.4, 0.5) is 0 Å². The molecule has 0 spiro atoms. The van der Waals surface area contributed by atoms with E-state index < -0.39 is 0 Å². The minimum Gasteiger partial charge on any atom is -0.458 e. The average molecular weight is 372 g/mol. The number of esters is 1. The zero-order chi connectivity index (χ0) is 19.8. The molecule has 2 aliphatic rings. The second-order valence-electron chi connectivity index (χ2n) is 10.5. The normalized spacial score (nSPS) is 33.4. The van der Waals surface area contributed by atoms with E-state index >= 15 is 0 Å².